The minimum absolute atomic E-state index is 0.00602. The van der Waals surface area contributed by atoms with Crippen molar-refractivity contribution in [2.45, 2.75) is 31.8 Å². The van der Waals surface area contributed by atoms with Crippen molar-refractivity contribution in [3.8, 4) is 6.07 Å². The highest BCUT2D eigenvalue weighted by Gasteiger charge is 2.43. The van der Waals surface area contributed by atoms with Gasteiger partial charge in [0.05, 0.1) is 18.0 Å². The molecule has 100 valence electrons. The summed E-state index contributed by atoms with van der Waals surface area (Å²) in [6.45, 7) is 4.86. The fraction of sp³-hybridized carbons (Fsp3) is 0.467. The Labute approximate surface area is 114 Å². The predicted octanol–water partition coefficient (Wildman–Crippen LogP) is 2.03. The topological polar surface area (TPSA) is 47.3 Å². The van der Waals surface area contributed by atoms with Gasteiger partial charge in [-0.3, -0.25) is 9.69 Å². The molecule has 1 unspecified atom stereocenters. The molecule has 4 nitrogen and oxygen atoms in total. The first-order valence-electron chi connectivity index (χ1n) is 6.43. The van der Waals surface area contributed by atoms with Crippen LogP contribution in [0.4, 0.5) is 5.69 Å². The molecule has 1 aromatic carbocycles. The molecule has 1 aliphatic rings. The van der Waals surface area contributed by atoms with Crippen LogP contribution in [-0.4, -0.2) is 36.0 Å². The molecule has 1 heterocycles. The number of benzene rings is 1. The van der Waals surface area contributed by atoms with Crippen LogP contribution in [0.1, 0.15) is 20.3 Å². The molecule has 1 aliphatic heterocycles. The van der Waals surface area contributed by atoms with Crippen molar-refractivity contribution < 1.29 is 4.79 Å². The van der Waals surface area contributed by atoms with E-state index in [1.165, 1.54) is 0 Å². The quantitative estimate of drug-likeness (QED) is 0.814. The van der Waals surface area contributed by atoms with E-state index < -0.39 is 0 Å². The number of amides is 1. The van der Waals surface area contributed by atoms with Crippen LogP contribution >= 0.6 is 0 Å². The molecule has 1 amide bonds. The maximum Gasteiger partial charge on any atom is 0.245 e. The minimum Gasteiger partial charge on any atom is -0.304 e. The van der Waals surface area contributed by atoms with Crippen LogP contribution in [0.25, 0.3) is 0 Å². The highest BCUT2D eigenvalue weighted by atomic mass is 16.2. The molecule has 19 heavy (non-hydrogen) atoms. The number of anilines is 1. The van der Waals surface area contributed by atoms with Crippen molar-refractivity contribution in [2.24, 2.45) is 0 Å². The molecule has 1 atom stereocenters. The lowest BCUT2D eigenvalue weighted by atomic mass is 9.93. The van der Waals surface area contributed by atoms with Crippen molar-refractivity contribution >= 4 is 11.6 Å². The average Bonchev–Trinajstić information content (AvgIpc) is 2.34. The van der Waals surface area contributed by atoms with Crippen LogP contribution in [0.15, 0.2) is 30.3 Å². The average molecular weight is 257 g/mol. The Balaban J connectivity index is 2.39. The zero-order chi connectivity index (χ0) is 14.0. The SMILES string of the molecule is CN1CC(C)(C)N(c2ccccc2)C(=O)C1CC#N. The number of piperazine rings is 1. The van der Waals surface area contributed by atoms with E-state index in [1.807, 2.05) is 47.2 Å². The Hall–Kier alpha value is -1.86. The van der Waals surface area contributed by atoms with Gasteiger partial charge in [0.25, 0.3) is 0 Å². The van der Waals surface area contributed by atoms with Crippen LogP contribution in [0, 0.1) is 11.3 Å². The Morgan fingerprint density at radius 2 is 2.00 bits per heavy atom. The summed E-state index contributed by atoms with van der Waals surface area (Å²) >= 11 is 0. The lowest BCUT2D eigenvalue weighted by Gasteiger charge is -2.49. The van der Waals surface area contributed by atoms with E-state index >= 15 is 0 Å². The molecule has 4 heteroatoms. The first kappa shape index (κ1) is 13.6. The second-order valence-electron chi connectivity index (χ2n) is 5.61. The van der Waals surface area contributed by atoms with Crippen molar-refractivity contribution in [1.82, 2.24) is 4.90 Å². The second kappa shape index (κ2) is 5.02. The number of para-hydroxylation sites is 1. The summed E-state index contributed by atoms with van der Waals surface area (Å²) in [5, 5.41) is 8.89. The lowest BCUT2D eigenvalue weighted by Crippen LogP contribution is -2.65. The summed E-state index contributed by atoms with van der Waals surface area (Å²) in [6, 6.07) is 11.4. The van der Waals surface area contributed by atoms with Gasteiger partial charge in [0.15, 0.2) is 0 Å². The smallest absolute Gasteiger partial charge is 0.245 e. The standard InChI is InChI=1S/C15H19N3O/c1-15(2)11-17(3)13(9-10-16)14(19)18(15)12-7-5-4-6-8-12/h4-8,13H,9,11H2,1-3H3. The summed E-state index contributed by atoms with van der Waals surface area (Å²) in [7, 11) is 1.91. The van der Waals surface area contributed by atoms with Crippen LogP contribution in [0.3, 0.4) is 0 Å². The Morgan fingerprint density at radius 3 is 2.58 bits per heavy atom. The molecular formula is C15H19N3O. The second-order valence-corrected chi connectivity index (χ2v) is 5.61. The molecule has 1 saturated heterocycles. The molecule has 0 aromatic heterocycles. The first-order chi connectivity index (χ1) is 8.97. The molecule has 1 aromatic rings. The molecular weight excluding hydrogens is 238 g/mol. The largest absolute Gasteiger partial charge is 0.304 e. The van der Waals surface area contributed by atoms with Gasteiger partial charge >= 0.3 is 0 Å². The molecule has 0 saturated carbocycles. The van der Waals surface area contributed by atoms with Gasteiger partial charge in [-0.25, -0.2) is 0 Å². The van der Waals surface area contributed by atoms with Gasteiger partial charge in [0.2, 0.25) is 5.91 Å². The highest BCUT2D eigenvalue weighted by molar-refractivity contribution is 5.99. The third-order valence-electron chi connectivity index (χ3n) is 3.58. The van der Waals surface area contributed by atoms with Crippen molar-refractivity contribution in [1.29, 1.82) is 5.26 Å². The fourth-order valence-corrected chi connectivity index (χ4v) is 2.81. The van der Waals surface area contributed by atoms with Gasteiger partial charge in [-0.05, 0) is 33.0 Å². The number of hydrogen-bond donors (Lipinski definition) is 0. The van der Waals surface area contributed by atoms with Gasteiger partial charge in [-0.2, -0.15) is 5.26 Å². The number of nitrogens with zero attached hydrogens (tertiary/aromatic N) is 3. The van der Waals surface area contributed by atoms with Gasteiger partial charge in [0, 0.05) is 12.2 Å². The maximum atomic E-state index is 12.7. The van der Waals surface area contributed by atoms with Gasteiger partial charge < -0.3 is 4.90 Å². The fourth-order valence-electron chi connectivity index (χ4n) is 2.81. The number of rotatable bonds is 2. The number of carbonyl (C=O) groups excluding carboxylic acids is 1. The lowest BCUT2D eigenvalue weighted by molar-refractivity contribution is -0.127. The normalized spacial score (nSPS) is 23.2. The monoisotopic (exact) mass is 257 g/mol. The number of hydrogen-bond acceptors (Lipinski definition) is 3. The van der Waals surface area contributed by atoms with E-state index in [2.05, 4.69) is 19.9 Å². The van der Waals surface area contributed by atoms with Crippen LogP contribution in [0.5, 0.6) is 0 Å². The number of likely N-dealkylation sites (N-methyl/N-ethyl adjacent to an activating group) is 1. The van der Waals surface area contributed by atoms with Crippen molar-refractivity contribution in [2.75, 3.05) is 18.5 Å². The minimum atomic E-state index is -0.349. The zero-order valence-electron chi connectivity index (χ0n) is 11.6. The third kappa shape index (κ3) is 2.47. The zero-order valence-corrected chi connectivity index (χ0v) is 11.6. The maximum absolute atomic E-state index is 12.7. The van der Waals surface area contributed by atoms with Crippen molar-refractivity contribution in [3.63, 3.8) is 0 Å². The summed E-state index contributed by atoms with van der Waals surface area (Å²) < 4.78 is 0. The van der Waals surface area contributed by atoms with Crippen LogP contribution in [-0.2, 0) is 4.79 Å². The Bertz CT molecular complexity index is 504. The van der Waals surface area contributed by atoms with E-state index in [9.17, 15) is 4.79 Å². The number of carbonyl (C=O) groups is 1. The summed E-state index contributed by atoms with van der Waals surface area (Å²) in [5.74, 6) is 0.00602. The van der Waals surface area contributed by atoms with E-state index in [1.54, 1.807) is 0 Å². The molecule has 0 bridgehead atoms. The third-order valence-corrected chi connectivity index (χ3v) is 3.58. The Kier molecular flexibility index (Phi) is 3.59. The molecule has 0 aliphatic carbocycles. The van der Waals surface area contributed by atoms with Crippen molar-refractivity contribution in [3.05, 3.63) is 30.3 Å². The molecule has 0 radical (unpaired) electrons. The van der Waals surface area contributed by atoms with Gasteiger partial charge in [0.1, 0.15) is 6.04 Å². The Morgan fingerprint density at radius 1 is 1.37 bits per heavy atom. The number of nitriles is 1. The van der Waals surface area contributed by atoms with Gasteiger partial charge in [-0.15, -0.1) is 0 Å². The van der Waals surface area contributed by atoms with E-state index in [-0.39, 0.29) is 23.9 Å². The molecule has 0 N–H and O–H groups in total. The summed E-state index contributed by atoms with van der Waals surface area (Å²) in [6.07, 6.45) is 0.231. The van der Waals surface area contributed by atoms with E-state index in [0.29, 0.717) is 0 Å². The predicted molar refractivity (Wildman–Crippen MR) is 74.7 cm³/mol. The molecule has 0 spiro atoms. The molecule has 1 fully saturated rings. The first-order valence-corrected chi connectivity index (χ1v) is 6.43. The van der Waals surface area contributed by atoms with Gasteiger partial charge in [-0.1, -0.05) is 18.2 Å². The van der Waals surface area contributed by atoms with E-state index in [0.717, 1.165) is 12.2 Å². The summed E-state index contributed by atoms with van der Waals surface area (Å²) in [4.78, 5) is 16.5. The van der Waals surface area contributed by atoms with E-state index in [4.69, 9.17) is 5.26 Å². The van der Waals surface area contributed by atoms with Crippen LogP contribution in [0.2, 0.25) is 0 Å². The highest BCUT2D eigenvalue weighted by Crippen LogP contribution is 2.31. The summed E-state index contributed by atoms with van der Waals surface area (Å²) in [5.41, 5.74) is 0.618. The molecule has 2 rings (SSSR count). The van der Waals surface area contributed by atoms with Crippen LogP contribution < -0.4 is 4.90 Å².